The lowest BCUT2D eigenvalue weighted by Crippen LogP contribution is -1.92. The number of benzene rings is 2. The first-order chi connectivity index (χ1) is 16.6. The average Bonchev–Trinajstić information content (AvgIpc) is 3.52. The molecule has 0 saturated heterocycles. The van der Waals surface area contributed by atoms with Crippen molar-refractivity contribution in [1.29, 1.82) is 0 Å². The van der Waals surface area contributed by atoms with Gasteiger partial charge < -0.3 is 4.42 Å². The zero-order valence-corrected chi connectivity index (χ0v) is 20.1. The van der Waals surface area contributed by atoms with Crippen molar-refractivity contribution in [3.8, 4) is 22.4 Å². The molecule has 0 spiro atoms. The van der Waals surface area contributed by atoms with Crippen LogP contribution in [0, 0.1) is 6.92 Å². The number of pyridine rings is 2. The molecule has 2 aromatic carbocycles. The van der Waals surface area contributed by atoms with Gasteiger partial charge >= 0.3 is 0 Å². The van der Waals surface area contributed by atoms with Gasteiger partial charge in [-0.1, -0.05) is 63.1 Å². The molecule has 34 heavy (non-hydrogen) atoms. The highest BCUT2D eigenvalue weighted by Crippen LogP contribution is 2.39. The number of furan rings is 1. The highest BCUT2D eigenvalue weighted by molar-refractivity contribution is 6.09. The maximum absolute atomic E-state index is 6.38. The van der Waals surface area contributed by atoms with E-state index in [0.29, 0.717) is 11.6 Å². The maximum atomic E-state index is 6.38. The van der Waals surface area contributed by atoms with Gasteiger partial charge in [-0.3, -0.25) is 4.98 Å². The van der Waals surface area contributed by atoms with Gasteiger partial charge in [0.2, 0.25) is 5.71 Å². The summed E-state index contributed by atoms with van der Waals surface area (Å²) in [7, 11) is 0. The average molecular weight is 447 g/mol. The van der Waals surface area contributed by atoms with E-state index in [2.05, 4.69) is 81.4 Å². The van der Waals surface area contributed by atoms with Crippen LogP contribution in [-0.4, -0.2) is 9.97 Å². The summed E-state index contributed by atoms with van der Waals surface area (Å²) < 4.78 is 6.38. The Morgan fingerprint density at radius 3 is 2.38 bits per heavy atom. The largest absolute Gasteiger partial charge is 0.437 e. The van der Waals surface area contributed by atoms with E-state index in [4.69, 9.17) is 14.4 Å². The first-order valence-corrected chi connectivity index (χ1v) is 12.5. The Balaban J connectivity index is 1.44. The van der Waals surface area contributed by atoms with Gasteiger partial charge in [-0.25, -0.2) is 4.98 Å². The third-order valence-corrected chi connectivity index (χ3v) is 7.41. The van der Waals surface area contributed by atoms with Gasteiger partial charge in [0.05, 0.1) is 5.69 Å². The molecular weight excluding hydrogens is 416 g/mol. The lowest BCUT2D eigenvalue weighted by Gasteiger charge is -2.11. The Morgan fingerprint density at radius 1 is 0.853 bits per heavy atom. The number of nitrogens with zero attached hydrogens (tertiary/aromatic N) is 2. The Morgan fingerprint density at radius 2 is 1.62 bits per heavy atom. The highest BCUT2D eigenvalue weighted by Gasteiger charge is 2.19. The van der Waals surface area contributed by atoms with Gasteiger partial charge in [-0.15, -0.1) is 0 Å². The van der Waals surface area contributed by atoms with Gasteiger partial charge in [-0.05, 0) is 78.1 Å². The minimum atomic E-state index is 0.359. The summed E-state index contributed by atoms with van der Waals surface area (Å²) in [6, 6.07) is 22.0. The van der Waals surface area contributed by atoms with Gasteiger partial charge in [0, 0.05) is 28.2 Å². The monoisotopic (exact) mass is 446 g/mol. The normalized spacial score (nSPS) is 14.6. The second-order valence-electron chi connectivity index (χ2n) is 10.0. The molecule has 0 atom stereocenters. The van der Waals surface area contributed by atoms with E-state index >= 15 is 0 Å². The molecular formula is C31H30N2O. The molecule has 6 rings (SSSR count). The molecule has 0 radical (unpaired) electrons. The molecule has 5 aromatic rings. The molecule has 1 aliphatic carbocycles. The molecule has 3 heterocycles. The molecule has 0 amide bonds. The minimum absolute atomic E-state index is 0.359. The molecule has 0 unspecified atom stereocenters. The molecule has 1 aliphatic rings. The van der Waals surface area contributed by atoms with Gasteiger partial charge in [-0.2, -0.15) is 0 Å². The number of hydrogen-bond acceptors (Lipinski definition) is 3. The lowest BCUT2D eigenvalue weighted by molar-refractivity contribution is 0.648. The second-order valence-corrected chi connectivity index (χ2v) is 10.0. The Kier molecular flexibility index (Phi) is 5.21. The number of fused-ring (bicyclic) bond motifs is 3. The lowest BCUT2D eigenvalue weighted by atomic mass is 9.94. The van der Waals surface area contributed by atoms with Crippen LogP contribution in [0.3, 0.4) is 0 Å². The summed E-state index contributed by atoms with van der Waals surface area (Å²) in [6.45, 7) is 6.43. The molecule has 0 N–H and O–H groups in total. The standard InChI is InChI=1S/C31H30N2O/c1-19(2)27-15-14-26-25-13-8-20(3)29(30(25)34-31(26)33-27)28-18-24(16-17-32-28)23-11-9-22(10-12-23)21-6-4-5-7-21/h8-19,21H,4-7H2,1-3H3. The fourth-order valence-electron chi connectivity index (χ4n) is 5.43. The van der Waals surface area contributed by atoms with Gasteiger partial charge in [0.25, 0.3) is 0 Å². The summed E-state index contributed by atoms with van der Waals surface area (Å²) in [4.78, 5) is 9.56. The van der Waals surface area contributed by atoms with Crippen molar-refractivity contribution in [2.75, 3.05) is 0 Å². The number of rotatable bonds is 4. The molecule has 3 nitrogen and oxygen atoms in total. The van der Waals surface area contributed by atoms with Crippen molar-refractivity contribution < 1.29 is 4.42 Å². The number of aryl methyl sites for hydroxylation is 1. The van der Waals surface area contributed by atoms with E-state index < -0.39 is 0 Å². The molecule has 1 fully saturated rings. The minimum Gasteiger partial charge on any atom is -0.437 e. The zero-order valence-electron chi connectivity index (χ0n) is 20.1. The fraction of sp³-hybridized carbons (Fsp3) is 0.290. The van der Waals surface area contributed by atoms with Crippen LogP contribution in [0.4, 0.5) is 0 Å². The van der Waals surface area contributed by atoms with Crippen molar-refractivity contribution in [2.24, 2.45) is 0 Å². The van der Waals surface area contributed by atoms with Crippen molar-refractivity contribution in [2.45, 2.75) is 58.3 Å². The van der Waals surface area contributed by atoms with E-state index in [1.807, 2.05) is 6.20 Å². The van der Waals surface area contributed by atoms with Crippen molar-refractivity contribution in [3.63, 3.8) is 0 Å². The van der Waals surface area contributed by atoms with E-state index in [-0.39, 0.29) is 0 Å². The van der Waals surface area contributed by atoms with Crippen molar-refractivity contribution in [3.05, 3.63) is 83.7 Å². The first kappa shape index (κ1) is 21.1. The fourth-order valence-corrected chi connectivity index (χ4v) is 5.43. The topological polar surface area (TPSA) is 38.9 Å². The summed E-state index contributed by atoms with van der Waals surface area (Å²) in [5, 5.41) is 2.14. The summed E-state index contributed by atoms with van der Waals surface area (Å²) >= 11 is 0. The first-order valence-electron chi connectivity index (χ1n) is 12.5. The van der Waals surface area contributed by atoms with Crippen LogP contribution in [0.5, 0.6) is 0 Å². The van der Waals surface area contributed by atoms with Crippen LogP contribution >= 0.6 is 0 Å². The predicted molar refractivity (Wildman–Crippen MR) is 140 cm³/mol. The van der Waals surface area contributed by atoms with Crippen LogP contribution in [-0.2, 0) is 0 Å². The third-order valence-electron chi connectivity index (χ3n) is 7.41. The van der Waals surface area contributed by atoms with Crippen LogP contribution in [0.25, 0.3) is 44.5 Å². The number of hydrogen-bond donors (Lipinski definition) is 0. The van der Waals surface area contributed by atoms with Crippen molar-refractivity contribution in [1.82, 2.24) is 9.97 Å². The SMILES string of the molecule is Cc1ccc2c(oc3nc(C(C)C)ccc32)c1-c1cc(-c2ccc(C3CCCC3)cc2)ccn1. The Labute approximate surface area is 200 Å². The zero-order chi connectivity index (χ0) is 23.2. The van der Waals surface area contributed by atoms with Crippen LogP contribution in [0.1, 0.15) is 68.2 Å². The van der Waals surface area contributed by atoms with Gasteiger partial charge in [0.1, 0.15) is 5.58 Å². The molecule has 3 aromatic heterocycles. The second kappa shape index (κ2) is 8.39. The highest BCUT2D eigenvalue weighted by atomic mass is 16.3. The molecule has 3 heteroatoms. The quantitative estimate of drug-likeness (QED) is 0.277. The third kappa shape index (κ3) is 3.60. The van der Waals surface area contributed by atoms with E-state index in [1.165, 1.54) is 42.4 Å². The summed E-state index contributed by atoms with van der Waals surface area (Å²) in [5.41, 5.74) is 9.62. The van der Waals surface area contributed by atoms with Crippen LogP contribution in [0.15, 0.2) is 71.3 Å². The van der Waals surface area contributed by atoms with Gasteiger partial charge in [0.15, 0.2) is 0 Å². The van der Waals surface area contributed by atoms with Crippen LogP contribution < -0.4 is 0 Å². The molecule has 0 aliphatic heterocycles. The van der Waals surface area contributed by atoms with Crippen molar-refractivity contribution >= 4 is 22.1 Å². The Bertz CT molecular complexity index is 1490. The van der Waals surface area contributed by atoms with E-state index in [9.17, 15) is 0 Å². The molecule has 1 saturated carbocycles. The number of aromatic nitrogens is 2. The smallest absolute Gasteiger partial charge is 0.227 e. The maximum Gasteiger partial charge on any atom is 0.227 e. The van der Waals surface area contributed by atoms with Crippen LogP contribution in [0.2, 0.25) is 0 Å². The molecule has 0 bridgehead atoms. The van der Waals surface area contributed by atoms with E-state index in [1.54, 1.807) is 0 Å². The molecule has 170 valence electrons. The summed E-state index contributed by atoms with van der Waals surface area (Å²) in [6.07, 6.45) is 7.29. The Hall–Kier alpha value is -3.46. The van der Waals surface area contributed by atoms with E-state index in [0.717, 1.165) is 44.8 Å². The predicted octanol–water partition coefficient (Wildman–Crippen LogP) is 8.80. The summed E-state index contributed by atoms with van der Waals surface area (Å²) in [5.74, 6) is 1.09.